The Bertz CT molecular complexity index is 1320. The molecule has 1 aromatic heterocycles. The van der Waals surface area contributed by atoms with Gasteiger partial charge in [-0.15, -0.1) is 0 Å². The lowest BCUT2D eigenvalue weighted by Gasteiger charge is -2.24. The predicted molar refractivity (Wildman–Crippen MR) is 123 cm³/mol. The van der Waals surface area contributed by atoms with E-state index in [1.54, 1.807) is 49.6 Å². The van der Waals surface area contributed by atoms with Crippen molar-refractivity contribution in [3.8, 4) is 17.2 Å². The van der Waals surface area contributed by atoms with Gasteiger partial charge in [-0.1, -0.05) is 0 Å². The molecule has 0 saturated heterocycles. The zero-order valence-corrected chi connectivity index (χ0v) is 18.1. The van der Waals surface area contributed by atoms with Crippen molar-refractivity contribution in [2.75, 3.05) is 36.3 Å². The van der Waals surface area contributed by atoms with Gasteiger partial charge in [0.05, 0.1) is 18.6 Å². The van der Waals surface area contributed by atoms with E-state index >= 15 is 0 Å². The number of aromatic amines is 1. The second-order valence-corrected chi connectivity index (χ2v) is 7.68. The van der Waals surface area contributed by atoms with Crippen molar-refractivity contribution < 1.29 is 23.8 Å². The Morgan fingerprint density at radius 3 is 2.56 bits per heavy atom. The molecule has 0 aliphatic carbocycles. The molecule has 3 heterocycles. The Hall–Kier alpha value is -4.54. The Morgan fingerprint density at radius 1 is 1.06 bits per heavy atom. The van der Waals surface area contributed by atoms with E-state index in [4.69, 9.17) is 14.2 Å². The minimum Gasteiger partial charge on any atom is -0.497 e. The molecule has 2 aliphatic heterocycles. The number of ether oxygens (including phenoxy) is 3. The molecule has 0 saturated carbocycles. The molecule has 1 atom stereocenters. The number of methoxy groups -OCH3 is 1. The van der Waals surface area contributed by atoms with Crippen LogP contribution in [0.3, 0.4) is 0 Å². The van der Waals surface area contributed by atoms with E-state index in [9.17, 15) is 14.4 Å². The van der Waals surface area contributed by atoms with Crippen molar-refractivity contribution in [3.05, 3.63) is 58.4 Å². The smallest absolute Gasteiger partial charge is 0.258 e. The molecule has 2 aliphatic rings. The van der Waals surface area contributed by atoms with E-state index in [-0.39, 0.29) is 23.8 Å². The maximum atomic E-state index is 13.1. The minimum absolute atomic E-state index is 0.0401. The summed E-state index contributed by atoms with van der Waals surface area (Å²) in [6.07, 6.45) is -0.181. The first kappa shape index (κ1) is 21.3. The first-order chi connectivity index (χ1) is 16.5. The molecule has 0 bridgehead atoms. The summed E-state index contributed by atoms with van der Waals surface area (Å²) >= 11 is 0. The van der Waals surface area contributed by atoms with Gasteiger partial charge in [-0.25, -0.2) is 0 Å². The molecule has 0 radical (unpaired) electrons. The average Bonchev–Trinajstić information content (AvgIpc) is 2.83. The lowest BCUT2D eigenvalue weighted by molar-refractivity contribution is -0.123. The fraction of sp³-hybridized carbons (Fsp3) is 0.217. The van der Waals surface area contributed by atoms with Crippen LogP contribution in [0.15, 0.2) is 47.3 Å². The van der Waals surface area contributed by atoms with Gasteiger partial charge in [0.15, 0.2) is 11.5 Å². The van der Waals surface area contributed by atoms with Gasteiger partial charge < -0.3 is 30.2 Å². The Kier molecular flexibility index (Phi) is 5.50. The Labute approximate surface area is 193 Å². The van der Waals surface area contributed by atoms with Gasteiger partial charge in [0, 0.05) is 23.9 Å². The molecule has 1 unspecified atom stereocenters. The molecule has 3 aromatic rings. The normalized spacial score (nSPS) is 16.1. The van der Waals surface area contributed by atoms with Crippen molar-refractivity contribution in [2.45, 2.75) is 12.3 Å². The predicted octanol–water partition coefficient (Wildman–Crippen LogP) is 2.36. The summed E-state index contributed by atoms with van der Waals surface area (Å²) in [4.78, 5) is 45.3. The van der Waals surface area contributed by atoms with Gasteiger partial charge in [0.25, 0.3) is 5.56 Å². The van der Waals surface area contributed by atoms with Gasteiger partial charge in [0.2, 0.25) is 17.8 Å². The largest absolute Gasteiger partial charge is 0.497 e. The van der Waals surface area contributed by atoms with Crippen LogP contribution in [0, 0.1) is 0 Å². The zero-order valence-electron chi connectivity index (χ0n) is 18.1. The van der Waals surface area contributed by atoms with Crippen LogP contribution in [-0.4, -0.2) is 42.1 Å². The molecule has 174 valence electrons. The van der Waals surface area contributed by atoms with Crippen LogP contribution in [0.2, 0.25) is 0 Å². The number of benzene rings is 2. The summed E-state index contributed by atoms with van der Waals surface area (Å²) in [5, 5.41) is 8.32. The molecule has 5 rings (SSSR count). The number of fused-ring (bicyclic) bond motifs is 2. The van der Waals surface area contributed by atoms with Crippen LogP contribution in [0.4, 0.5) is 23.1 Å². The molecule has 34 heavy (non-hydrogen) atoms. The molecular formula is C23H21N5O6. The van der Waals surface area contributed by atoms with Gasteiger partial charge in [-0.05, 0) is 36.4 Å². The molecule has 0 fully saturated rings. The van der Waals surface area contributed by atoms with Crippen molar-refractivity contribution >= 4 is 35.0 Å². The molecule has 11 nitrogen and oxygen atoms in total. The number of rotatable bonds is 5. The van der Waals surface area contributed by atoms with Crippen LogP contribution in [0.5, 0.6) is 17.2 Å². The molecule has 2 amide bonds. The van der Waals surface area contributed by atoms with E-state index in [0.717, 1.165) is 0 Å². The number of carbonyl (C=O) groups is 2. The van der Waals surface area contributed by atoms with Crippen molar-refractivity contribution in [1.29, 1.82) is 0 Å². The molecule has 11 heteroatoms. The quantitative estimate of drug-likeness (QED) is 0.452. The minimum atomic E-state index is -1.01. The van der Waals surface area contributed by atoms with Crippen molar-refractivity contribution in [2.24, 2.45) is 0 Å². The number of H-pyrrole nitrogens is 1. The zero-order chi connectivity index (χ0) is 23.7. The molecule has 4 N–H and O–H groups in total. The van der Waals surface area contributed by atoms with E-state index in [1.165, 1.54) is 0 Å². The maximum absolute atomic E-state index is 13.1. The molecular weight excluding hydrogens is 442 g/mol. The maximum Gasteiger partial charge on any atom is 0.258 e. The highest BCUT2D eigenvalue weighted by Gasteiger charge is 2.35. The lowest BCUT2D eigenvalue weighted by atomic mass is 9.92. The topological polar surface area (TPSA) is 144 Å². The number of nitrogens with one attached hydrogen (secondary N) is 4. The van der Waals surface area contributed by atoms with Gasteiger partial charge in [0.1, 0.15) is 24.8 Å². The number of aromatic nitrogens is 2. The van der Waals surface area contributed by atoms with Crippen LogP contribution in [-0.2, 0) is 9.59 Å². The van der Waals surface area contributed by atoms with Crippen LogP contribution >= 0.6 is 0 Å². The highest BCUT2D eigenvalue weighted by molar-refractivity contribution is 6.04. The number of hydrogen-bond acceptors (Lipinski definition) is 8. The number of amides is 2. The third-order valence-corrected chi connectivity index (χ3v) is 5.43. The SMILES string of the molecule is COc1ccc(Nc2nc3c(c(=O)[nH]2)C(C(=O)Nc2ccc4c(c2)OCCO4)CC(=O)N3)cc1. The standard InChI is InChI=1S/C23H21N5O6/c1-32-14-5-2-12(3-6-14)25-23-27-20-19(22(31)28-23)15(11-18(29)26-20)21(30)24-13-4-7-16-17(10-13)34-9-8-33-16/h2-7,10,15H,8-9,11H2,1H3,(H,24,30)(H3,25,26,27,28,29,31). The third-order valence-electron chi connectivity index (χ3n) is 5.43. The summed E-state index contributed by atoms with van der Waals surface area (Å²) in [6.45, 7) is 0.867. The second-order valence-electron chi connectivity index (χ2n) is 7.68. The summed E-state index contributed by atoms with van der Waals surface area (Å²) < 4.78 is 16.2. The molecule has 0 spiro atoms. The monoisotopic (exact) mass is 463 g/mol. The lowest BCUT2D eigenvalue weighted by Crippen LogP contribution is -2.36. The van der Waals surface area contributed by atoms with Gasteiger partial charge in [-0.2, -0.15) is 4.98 Å². The number of nitrogens with zero attached hydrogens (tertiary/aromatic N) is 1. The fourth-order valence-corrected chi connectivity index (χ4v) is 3.82. The van der Waals surface area contributed by atoms with E-state index in [2.05, 4.69) is 25.9 Å². The first-order valence-corrected chi connectivity index (χ1v) is 10.6. The highest BCUT2D eigenvalue weighted by atomic mass is 16.6. The first-order valence-electron chi connectivity index (χ1n) is 10.6. The third kappa shape index (κ3) is 4.22. The summed E-state index contributed by atoms with van der Waals surface area (Å²) in [6, 6.07) is 12.0. The Balaban J connectivity index is 1.39. The van der Waals surface area contributed by atoms with E-state index in [1.807, 2.05) is 0 Å². The van der Waals surface area contributed by atoms with Crippen molar-refractivity contribution in [1.82, 2.24) is 9.97 Å². The van der Waals surface area contributed by atoms with Gasteiger partial charge in [-0.3, -0.25) is 19.4 Å². The number of carbonyl (C=O) groups excluding carboxylic acids is 2. The second kappa shape index (κ2) is 8.77. The van der Waals surface area contributed by atoms with Crippen molar-refractivity contribution in [3.63, 3.8) is 0 Å². The van der Waals surface area contributed by atoms with Crippen LogP contribution in [0.1, 0.15) is 17.9 Å². The Morgan fingerprint density at radius 2 is 1.79 bits per heavy atom. The van der Waals surface area contributed by atoms with Gasteiger partial charge >= 0.3 is 0 Å². The van der Waals surface area contributed by atoms with E-state index < -0.39 is 23.3 Å². The highest BCUT2D eigenvalue weighted by Crippen LogP contribution is 2.34. The van der Waals surface area contributed by atoms with Crippen LogP contribution in [0.25, 0.3) is 0 Å². The summed E-state index contributed by atoms with van der Waals surface area (Å²) in [5.41, 5.74) is 0.682. The average molecular weight is 463 g/mol. The number of hydrogen-bond donors (Lipinski definition) is 4. The summed E-state index contributed by atoms with van der Waals surface area (Å²) in [5.74, 6) is 0.0169. The fourth-order valence-electron chi connectivity index (χ4n) is 3.82. The van der Waals surface area contributed by atoms with E-state index in [0.29, 0.717) is 41.8 Å². The number of anilines is 4. The van der Waals surface area contributed by atoms with Crippen LogP contribution < -0.4 is 35.7 Å². The summed E-state index contributed by atoms with van der Waals surface area (Å²) in [7, 11) is 1.56. The molecule has 2 aromatic carbocycles.